The van der Waals surface area contributed by atoms with E-state index in [4.69, 9.17) is 9.47 Å². The molecule has 4 bridgehead atoms. The van der Waals surface area contributed by atoms with Crippen LogP contribution in [0.15, 0.2) is 42.5 Å². The third-order valence-corrected chi connectivity index (χ3v) is 10.6. The number of fused-ring (bicyclic) bond motifs is 1. The highest BCUT2D eigenvalue weighted by Crippen LogP contribution is 2.71. The SMILES string of the molecule is COc1ccc2c(c1O)C13CCN(CC4CC4)C(C2)C12CCC1C3[C@@H](CN1C(=O)c1ccccc1)O2. The van der Waals surface area contributed by atoms with Crippen molar-refractivity contribution in [1.29, 1.82) is 0 Å². The molecule has 0 spiro atoms. The Hall–Kier alpha value is -2.57. The lowest BCUT2D eigenvalue weighted by Gasteiger charge is -2.64. The zero-order valence-corrected chi connectivity index (χ0v) is 20.9. The fourth-order valence-corrected chi connectivity index (χ4v) is 9.25. The molecule has 2 aromatic rings. The van der Waals surface area contributed by atoms with Crippen LogP contribution in [-0.4, -0.2) is 71.3 Å². The van der Waals surface area contributed by atoms with Gasteiger partial charge in [-0.25, -0.2) is 0 Å². The van der Waals surface area contributed by atoms with Crippen molar-refractivity contribution in [2.45, 2.75) is 67.7 Å². The van der Waals surface area contributed by atoms with Crippen molar-refractivity contribution >= 4 is 5.91 Å². The van der Waals surface area contributed by atoms with Crippen molar-refractivity contribution in [3.8, 4) is 11.5 Å². The van der Waals surface area contributed by atoms with Gasteiger partial charge in [0.25, 0.3) is 5.91 Å². The maximum Gasteiger partial charge on any atom is 0.254 e. The number of likely N-dealkylation sites (tertiary alicyclic amines) is 2. The second-order valence-electron chi connectivity index (χ2n) is 12.0. The van der Waals surface area contributed by atoms with Crippen LogP contribution in [0, 0.1) is 11.8 Å². The summed E-state index contributed by atoms with van der Waals surface area (Å²) in [7, 11) is 1.63. The Bertz CT molecular complexity index is 1250. The monoisotopic (exact) mass is 486 g/mol. The molecule has 3 aliphatic heterocycles. The average molecular weight is 487 g/mol. The van der Waals surface area contributed by atoms with E-state index in [1.54, 1.807) is 7.11 Å². The molecule has 3 saturated heterocycles. The molecule has 2 saturated carbocycles. The molecule has 5 fully saturated rings. The first-order valence-electron chi connectivity index (χ1n) is 13.7. The molecular formula is C30H34N2O4. The van der Waals surface area contributed by atoms with Crippen LogP contribution in [0.4, 0.5) is 0 Å². The van der Waals surface area contributed by atoms with E-state index >= 15 is 0 Å². The molecule has 6 heteroatoms. The first-order chi connectivity index (χ1) is 17.6. The lowest BCUT2D eigenvalue weighted by Crippen LogP contribution is -2.74. The van der Waals surface area contributed by atoms with Gasteiger partial charge in [0.1, 0.15) is 0 Å². The van der Waals surface area contributed by atoms with Crippen molar-refractivity contribution < 1.29 is 19.4 Å². The predicted octanol–water partition coefficient (Wildman–Crippen LogP) is 3.75. The van der Waals surface area contributed by atoms with Crippen molar-refractivity contribution in [2.24, 2.45) is 11.8 Å². The number of carbonyl (C=O) groups is 1. The molecule has 6 atom stereocenters. The topological polar surface area (TPSA) is 62.2 Å². The first kappa shape index (κ1) is 21.5. The van der Waals surface area contributed by atoms with Crippen LogP contribution >= 0.6 is 0 Å². The van der Waals surface area contributed by atoms with Crippen LogP contribution in [0.2, 0.25) is 0 Å². The molecule has 1 amide bonds. The largest absolute Gasteiger partial charge is 0.504 e. The van der Waals surface area contributed by atoms with E-state index in [1.807, 2.05) is 36.4 Å². The first-order valence-corrected chi connectivity index (χ1v) is 13.7. The summed E-state index contributed by atoms with van der Waals surface area (Å²) in [5, 5.41) is 11.6. The van der Waals surface area contributed by atoms with Crippen molar-refractivity contribution in [2.75, 3.05) is 26.7 Å². The Labute approximate surface area is 212 Å². The van der Waals surface area contributed by atoms with Gasteiger partial charge in [0.15, 0.2) is 11.5 Å². The Morgan fingerprint density at radius 3 is 2.75 bits per heavy atom. The van der Waals surface area contributed by atoms with Crippen molar-refractivity contribution in [3.05, 3.63) is 59.2 Å². The molecule has 3 heterocycles. The third kappa shape index (κ3) is 2.52. The number of piperidine rings is 1. The molecule has 188 valence electrons. The van der Waals surface area contributed by atoms with Gasteiger partial charge in [0.2, 0.25) is 0 Å². The number of phenolic OH excluding ortho intramolecular Hbond substituents is 1. The van der Waals surface area contributed by atoms with Gasteiger partial charge >= 0.3 is 0 Å². The van der Waals surface area contributed by atoms with Gasteiger partial charge in [0, 0.05) is 47.6 Å². The lowest BCUT2D eigenvalue weighted by molar-refractivity contribution is -0.171. The summed E-state index contributed by atoms with van der Waals surface area (Å²) in [4.78, 5) is 18.5. The highest BCUT2D eigenvalue weighted by atomic mass is 16.5. The lowest BCUT2D eigenvalue weighted by atomic mass is 9.46. The number of hydrogen-bond donors (Lipinski definition) is 1. The number of methoxy groups -OCH3 is 1. The van der Waals surface area contributed by atoms with Crippen molar-refractivity contribution in [3.63, 3.8) is 0 Å². The third-order valence-electron chi connectivity index (χ3n) is 10.6. The summed E-state index contributed by atoms with van der Waals surface area (Å²) in [6.45, 7) is 2.84. The van der Waals surface area contributed by atoms with Crippen LogP contribution < -0.4 is 4.74 Å². The van der Waals surface area contributed by atoms with E-state index in [2.05, 4.69) is 15.9 Å². The van der Waals surface area contributed by atoms with Gasteiger partial charge in [-0.2, -0.15) is 0 Å². The molecule has 6 aliphatic rings. The van der Waals surface area contributed by atoms with Crippen LogP contribution in [0.1, 0.15) is 53.6 Å². The second-order valence-corrected chi connectivity index (χ2v) is 12.0. The van der Waals surface area contributed by atoms with E-state index in [0.29, 0.717) is 24.1 Å². The van der Waals surface area contributed by atoms with E-state index in [9.17, 15) is 9.90 Å². The quantitative estimate of drug-likeness (QED) is 0.713. The number of ether oxygens (including phenoxy) is 2. The van der Waals surface area contributed by atoms with Gasteiger partial charge < -0.3 is 19.5 Å². The number of nitrogens with zero attached hydrogens (tertiary/aromatic N) is 2. The smallest absolute Gasteiger partial charge is 0.254 e. The standard InChI is InChI=1S/C30H34N2O4/c1-35-22-10-9-20-15-24-30-12-11-21-26(23(36-30)17-32(21)28(34)19-5-3-2-4-6-19)29(30,25(20)27(22)33)13-14-31(24)16-18-7-8-18/h2-6,9-10,18,21,23-24,26,33H,7-8,11-17H2,1H3/t21?,23-,24?,26?,29?,30?/m1/s1. The van der Waals surface area contributed by atoms with Crippen LogP contribution in [0.3, 0.4) is 0 Å². The van der Waals surface area contributed by atoms with E-state index < -0.39 is 0 Å². The van der Waals surface area contributed by atoms with Crippen molar-refractivity contribution in [1.82, 2.24) is 9.80 Å². The zero-order chi connectivity index (χ0) is 24.2. The number of aromatic hydroxyl groups is 1. The maximum atomic E-state index is 13.7. The molecule has 0 aromatic heterocycles. The molecular weight excluding hydrogens is 452 g/mol. The summed E-state index contributed by atoms with van der Waals surface area (Å²) in [5.74, 6) is 1.98. The van der Waals surface area contributed by atoms with Crippen LogP contribution in [0.5, 0.6) is 11.5 Å². The highest BCUT2D eigenvalue weighted by molar-refractivity contribution is 5.94. The molecule has 36 heavy (non-hydrogen) atoms. The average Bonchev–Trinajstić information content (AvgIpc) is 3.59. The molecule has 1 N–H and O–H groups in total. The fourth-order valence-electron chi connectivity index (χ4n) is 9.25. The normalized spacial score (nSPS) is 38.0. The molecule has 5 unspecified atom stereocenters. The van der Waals surface area contributed by atoms with Crippen LogP contribution in [-0.2, 0) is 16.6 Å². The summed E-state index contributed by atoms with van der Waals surface area (Å²) in [6, 6.07) is 14.2. The number of phenols is 1. The molecule has 8 rings (SSSR count). The van der Waals surface area contributed by atoms with E-state index in [0.717, 1.165) is 49.3 Å². The van der Waals surface area contributed by atoms with Gasteiger partial charge in [-0.1, -0.05) is 24.3 Å². The minimum absolute atomic E-state index is 0.00471. The summed E-state index contributed by atoms with van der Waals surface area (Å²) in [5.41, 5.74) is 2.47. The number of carbonyl (C=O) groups excluding carboxylic acids is 1. The number of amides is 1. The highest BCUT2D eigenvalue weighted by Gasteiger charge is 2.78. The molecule has 2 aromatic carbocycles. The molecule has 0 radical (unpaired) electrons. The fraction of sp³-hybridized carbons (Fsp3) is 0.567. The summed E-state index contributed by atoms with van der Waals surface area (Å²) >= 11 is 0. The van der Waals surface area contributed by atoms with Gasteiger partial charge in [0.05, 0.1) is 18.8 Å². The Morgan fingerprint density at radius 1 is 1.14 bits per heavy atom. The minimum Gasteiger partial charge on any atom is -0.504 e. The zero-order valence-electron chi connectivity index (χ0n) is 20.9. The maximum absolute atomic E-state index is 13.7. The number of rotatable bonds is 4. The predicted molar refractivity (Wildman–Crippen MR) is 134 cm³/mol. The van der Waals surface area contributed by atoms with Gasteiger partial charge in [-0.05, 0) is 74.8 Å². The minimum atomic E-state index is -0.301. The Balaban J connectivity index is 1.28. The van der Waals surface area contributed by atoms with Crippen LogP contribution in [0.25, 0.3) is 0 Å². The summed E-state index contributed by atoms with van der Waals surface area (Å²) in [6.07, 6.45) is 6.49. The number of benzene rings is 2. The molecule has 3 aliphatic carbocycles. The van der Waals surface area contributed by atoms with Gasteiger partial charge in [-0.3, -0.25) is 9.69 Å². The molecule has 6 nitrogen and oxygen atoms in total. The second kappa shape index (κ2) is 7.26. The number of hydrogen-bond acceptors (Lipinski definition) is 5. The van der Waals surface area contributed by atoms with Gasteiger partial charge in [-0.15, -0.1) is 0 Å². The Kier molecular flexibility index (Phi) is 4.34. The Morgan fingerprint density at radius 2 is 1.97 bits per heavy atom. The summed E-state index contributed by atoms with van der Waals surface area (Å²) < 4.78 is 12.9. The van der Waals surface area contributed by atoms with E-state index in [1.165, 1.54) is 24.9 Å². The van der Waals surface area contributed by atoms with E-state index in [-0.39, 0.29) is 35.0 Å².